The van der Waals surface area contributed by atoms with Gasteiger partial charge in [0.1, 0.15) is 0 Å². The number of hydrogen-bond acceptors (Lipinski definition) is 3. The lowest BCUT2D eigenvalue weighted by Crippen LogP contribution is -1.97. The lowest BCUT2D eigenvalue weighted by molar-refractivity contribution is 0.311. The van der Waals surface area contributed by atoms with Crippen molar-refractivity contribution in [3.8, 4) is 11.5 Å². The second kappa shape index (κ2) is 7.14. The number of nitrogens with zero attached hydrogens (tertiary/aromatic N) is 1. The zero-order valence-electron chi connectivity index (χ0n) is 12.4. The Hall–Kier alpha value is -2.00. The molecule has 0 aromatic heterocycles. The normalized spacial score (nSPS) is 10.9. The van der Waals surface area contributed by atoms with Crippen LogP contribution in [0.2, 0.25) is 5.02 Å². The van der Waals surface area contributed by atoms with Crippen molar-refractivity contribution in [2.45, 2.75) is 13.8 Å². The largest absolute Gasteiger partial charge is 0.493 e. The van der Waals surface area contributed by atoms with Crippen LogP contribution in [0.3, 0.4) is 0 Å². The van der Waals surface area contributed by atoms with Gasteiger partial charge in [-0.1, -0.05) is 29.8 Å². The molecule has 0 aliphatic rings. The summed E-state index contributed by atoms with van der Waals surface area (Å²) in [4.78, 5) is 4.49. The minimum absolute atomic E-state index is 0.516. The predicted molar refractivity (Wildman–Crippen MR) is 87.6 cm³/mol. The van der Waals surface area contributed by atoms with E-state index in [1.165, 1.54) is 0 Å². The summed E-state index contributed by atoms with van der Waals surface area (Å²) in [6, 6.07) is 11.6. The summed E-state index contributed by atoms with van der Waals surface area (Å²) < 4.78 is 10.8. The standard InChI is InChI=1S/C17H18ClNO2/c1-4-21-17-14(18)9-13(10-16(17)20-3)11-19-15-8-6-5-7-12(15)2/h5-11H,4H2,1-3H3. The van der Waals surface area contributed by atoms with Crippen molar-refractivity contribution in [1.82, 2.24) is 0 Å². The molecule has 0 aliphatic carbocycles. The molecule has 0 spiro atoms. The van der Waals surface area contributed by atoms with Crippen molar-refractivity contribution in [3.05, 3.63) is 52.5 Å². The average molecular weight is 304 g/mol. The van der Waals surface area contributed by atoms with E-state index in [4.69, 9.17) is 21.1 Å². The van der Waals surface area contributed by atoms with Gasteiger partial charge in [0.2, 0.25) is 0 Å². The Bertz CT molecular complexity index is 653. The minimum atomic E-state index is 0.516. The van der Waals surface area contributed by atoms with Gasteiger partial charge in [-0.3, -0.25) is 4.99 Å². The first kappa shape index (κ1) is 15.4. The van der Waals surface area contributed by atoms with Crippen LogP contribution in [0.15, 0.2) is 41.4 Å². The van der Waals surface area contributed by atoms with Gasteiger partial charge >= 0.3 is 0 Å². The highest BCUT2D eigenvalue weighted by molar-refractivity contribution is 6.32. The lowest BCUT2D eigenvalue weighted by Gasteiger charge is -2.11. The molecule has 0 heterocycles. The van der Waals surface area contributed by atoms with Crippen LogP contribution >= 0.6 is 11.6 Å². The van der Waals surface area contributed by atoms with Crippen molar-refractivity contribution in [3.63, 3.8) is 0 Å². The molecule has 21 heavy (non-hydrogen) atoms. The van der Waals surface area contributed by atoms with Gasteiger partial charge in [0.15, 0.2) is 11.5 Å². The maximum atomic E-state index is 6.24. The molecular formula is C17H18ClNO2. The van der Waals surface area contributed by atoms with Crippen LogP contribution in [0.5, 0.6) is 11.5 Å². The van der Waals surface area contributed by atoms with E-state index in [9.17, 15) is 0 Å². The molecule has 2 rings (SSSR count). The third-order valence-electron chi connectivity index (χ3n) is 3.01. The second-order valence-electron chi connectivity index (χ2n) is 4.51. The molecule has 0 saturated heterocycles. The van der Waals surface area contributed by atoms with Crippen LogP contribution in [0.4, 0.5) is 5.69 Å². The summed E-state index contributed by atoms with van der Waals surface area (Å²) in [6.07, 6.45) is 1.77. The van der Waals surface area contributed by atoms with Gasteiger partial charge < -0.3 is 9.47 Å². The van der Waals surface area contributed by atoms with E-state index in [2.05, 4.69) is 4.99 Å². The van der Waals surface area contributed by atoms with E-state index >= 15 is 0 Å². The molecule has 3 nitrogen and oxygen atoms in total. The summed E-state index contributed by atoms with van der Waals surface area (Å²) in [5, 5.41) is 0.516. The third kappa shape index (κ3) is 3.76. The molecule has 0 atom stereocenters. The Morgan fingerprint density at radius 1 is 1.24 bits per heavy atom. The molecule has 2 aromatic carbocycles. The molecule has 110 valence electrons. The SMILES string of the molecule is CCOc1c(Cl)cc(C=Nc2ccccc2C)cc1OC. The molecule has 0 bridgehead atoms. The molecule has 0 fully saturated rings. The maximum Gasteiger partial charge on any atom is 0.179 e. The zero-order valence-corrected chi connectivity index (χ0v) is 13.1. The van der Waals surface area contributed by atoms with E-state index in [1.54, 1.807) is 13.3 Å². The highest BCUT2D eigenvalue weighted by atomic mass is 35.5. The van der Waals surface area contributed by atoms with E-state index in [1.807, 2.05) is 50.2 Å². The fourth-order valence-corrected chi connectivity index (χ4v) is 2.22. The first-order valence-corrected chi connectivity index (χ1v) is 7.13. The van der Waals surface area contributed by atoms with Crippen LogP contribution in [-0.2, 0) is 0 Å². The Morgan fingerprint density at radius 3 is 2.67 bits per heavy atom. The quantitative estimate of drug-likeness (QED) is 0.742. The number of para-hydroxylation sites is 1. The second-order valence-corrected chi connectivity index (χ2v) is 4.92. The number of methoxy groups -OCH3 is 1. The maximum absolute atomic E-state index is 6.24. The molecular weight excluding hydrogens is 286 g/mol. The van der Waals surface area contributed by atoms with E-state index < -0.39 is 0 Å². The first-order valence-electron chi connectivity index (χ1n) is 6.75. The number of hydrogen-bond donors (Lipinski definition) is 0. The van der Waals surface area contributed by atoms with Crippen LogP contribution < -0.4 is 9.47 Å². The van der Waals surface area contributed by atoms with Gasteiger partial charge in [-0.15, -0.1) is 0 Å². The Morgan fingerprint density at radius 2 is 2.00 bits per heavy atom. The minimum Gasteiger partial charge on any atom is -0.493 e. The number of halogens is 1. The van der Waals surface area contributed by atoms with Crippen molar-refractivity contribution >= 4 is 23.5 Å². The number of ether oxygens (including phenoxy) is 2. The molecule has 0 aliphatic heterocycles. The molecule has 0 N–H and O–H groups in total. The Kier molecular flexibility index (Phi) is 5.23. The van der Waals surface area contributed by atoms with Gasteiger partial charge in [-0.2, -0.15) is 0 Å². The number of aliphatic imine (C=N–C) groups is 1. The van der Waals surface area contributed by atoms with E-state index in [0.717, 1.165) is 16.8 Å². The van der Waals surface area contributed by atoms with Gasteiger partial charge in [0, 0.05) is 6.21 Å². The summed E-state index contributed by atoms with van der Waals surface area (Å²) in [5.41, 5.74) is 2.92. The van der Waals surface area contributed by atoms with Crippen LogP contribution in [-0.4, -0.2) is 19.9 Å². The number of rotatable bonds is 5. The van der Waals surface area contributed by atoms with Crippen LogP contribution in [0, 0.1) is 6.92 Å². The molecule has 0 saturated carbocycles. The van der Waals surface area contributed by atoms with Gasteiger partial charge in [-0.25, -0.2) is 0 Å². The summed E-state index contributed by atoms with van der Waals surface area (Å²) in [6.45, 7) is 4.47. The van der Waals surface area contributed by atoms with E-state index in [-0.39, 0.29) is 0 Å². The third-order valence-corrected chi connectivity index (χ3v) is 3.29. The van der Waals surface area contributed by atoms with Crippen molar-refractivity contribution in [1.29, 1.82) is 0 Å². The highest BCUT2D eigenvalue weighted by Crippen LogP contribution is 2.36. The number of aryl methyl sites for hydroxylation is 1. The van der Waals surface area contributed by atoms with Crippen LogP contribution in [0.1, 0.15) is 18.1 Å². The Labute approximate surface area is 130 Å². The molecule has 0 unspecified atom stereocenters. The highest BCUT2D eigenvalue weighted by Gasteiger charge is 2.10. The topological polar surface area (TPSA) is 30.8 Å². The van der Waals surface area contributed by atoms with Gasteiger partial charge in [0.25, 0.3) is 0 Å². The fraction of sp³-hybridized carbons (Fsp3) is 0.235. The van der Waals surface area contributed by atoms with Gasteiger partial charge in [-0.05, 0) is 43.2 Å². The number of benzene rings is 2. The van der Waals surface area contributed by atoms with Crippen molar-refractivity contribution in [2.75, 3.05) is 13.7 Å². The fourth-order valence-electron chi connectivity index (χ4n) is 1.95. The average Bonchev–Trinajstić information content (AvgIpc) is 2.48. The predicted octanol–water partition coefficient (Wildman–Crippen LogP) is 4.81. The monoisotopic (exact) mass is 303 g/mol. The van der Waals surface area contributed by atoms with Crippen molar-refractivity contribution in [2.24, 2.45) is 4.99 Å². The first-order chi connectivity index (χ1) is 10.2. The summed E-state index contributed by atoms with van der Waals surface area (Å²) in [5.74, 6) is 1.17. The van der Waals surface area contributed by atoms with Gasteiger partial charge in [0.05, 0.1) is 24.4 Å². The summed E-state index contributed by atoms with van der Waals surface area (Å²) >= 11 is 6.24. The van der Waals surface area contributed by atoms with E-state index in [0.29, 0.717) is 23.1 Å². The molecule has 4 heteroatoms. The molecule has 0 amide bonds. The molecule has 0 radical (unpaired) electrons. The Balaban J connectivity index is 2.33. The lowest BCUT2D eigenvalue weighted by atomic mass is 10.2. The molecule has 2 aromatic rings. The van der Waals surface area contributed by atoms with Crippen LogP contribution in [0.25, 0.3) is 0 Å². The summed E-state index contributed by atoms with van der Waals surface area (Å²) in [7, 11) is 1.59. The smallest absolute Gasteiger partial charge is 0.179 e. The van der Waals surface area contributed by atoms with Crippen molar-refractivity contribution < 1.29 is 9.47 Å². The zero-order chi connectivity index (χ0) is 15.2.